The lowest BCUT2D eigenvalue weighted by Crippen LogP contribution is -2.12. The van der Waals surface area contributed by atoms with Crippen molar-refractivity contribution in [3.63, 3.8) is 0 Å². The van der Waals surface area contributed by atoms with Gasteiger partial charge in [-0.25, -0.2) is 15.8 Å². The first-order valence-corrected chi connectivity index (χ1v) is 6.26. The van der Waals surface area contributed by atoms with E-state index in [1.807, 2.05) is 19.1 Å². The van der Waals surface area contributed by atoms with Crippen LogP contribution in [0.1, 0.15) is 31.2 Å². The van der Waals surface area contributed by atoms with E-state index in [4.69, 9.17) is 5.84 Å². The number of hydrazine groups is 1. The average Bonchev–Trinajstić information content (AvgIpc) is 2.27. The van der Waals surface area contributed by atoms with Crippen molar-refractivity contribution in [2.45, 2.75) is 26.7 Å². The lowest BCUT2D eigenvalue weighted by atomic mass is 10.1. The molecule has 0 spiro atoms. The Morgan fingerprint density at radius 3 is 2.59 bits per heavy atom. The van der Waals surface area contributed by atoms with Gasteiger partial charge in [0.25, 0.3) is 0 Å². The summed E-state index contributed by atoms with van der Waals surface area (Å²) in [6, 6.07) is 4.07. The van der Waals surface area contributed by atoms with Gasteiger partial charge in [0, 0.05) is 15.8 Å². The summed E-state index contributed by atoms with van der Waals surface area (Å²) in [5.41, 5.74) is 4.68. The van der Waals surface area contributed by atoms with Crippen LogP contribution in [0.4, 0.5) is 5.82 Å². The summed E-state index contributed by atoms with van der Waals surface area (Å²) in [5, 5.41) is 0.934. The topological polar surface area (TPSA) is 63.8 Å². The fourth-order valence-electron chi connectivity index (χ4n) is 1.71. The van der Waals surface area contributed by atoms with Crippen LogP contribution in [0.2, 0.25) is 0 Å². The summed E-state index contributed by atoms with van der Waals surface area (Å²) in [4.78, 5) is 9.00. The summed E-state index contributed by atoms with van der Waals surface area (Å²) < 4.78 is 0.966. The molecule has 4 nitrogen and oxygen atoms in total. The van der Waals surface area contributed by atoms with Crippen LogP contribution >= 0.6 is 15.9 Å². The molecule has 17 heavy (non-hydrogen) atoms. The second kappa shape index (κ2) is 4.58. The van der Waals surface area contributed by atoms with Crippen LogP contribution in [0.5, 0.6) is 0 Å². The Kier molecular flexibility index (Phi) is 3.31. The van der Waals surface area contributed by atoms with Gasteiger partial charge in [0.15, 0.2) is 5.82 Å². The van der Waals surface area contributed by atoms with Crippen LogP contribution in [0.3, 0.4) is 0 Å². The number of aromatic nitrogens is 2. The second-order valence-electron chi connectivity index (χ2n) is 4.37. The van der Waals surface area contributed by atoms with Gasteiger partial charge in [-0.15, -0.1) is 0 Å². The lowest BCUT2D eigenvalue weighted by Gasteiger charge is -2.11. The van der Waals surface area contributed by atoms with Gasteiger partial charge in [-0.3, -0.25) is 0 Å². The zero-order chi connectivity index (χ0) is 12.6. The number of nitrogens with zero attached hydrogens (tertiary/aromatic N) is 2. The fraction of sp³-hybridized carbons (Fsp3) is 0.333. The van der Waals surface area contributed by atoms with Crippen LogP contribution in [-0.2, 0) is 0 Å². The molecule has 90 valence electrons. The largest absolute Gasteiger partial charge is 0.308 e. The minimum Gasteiger partial charge on any atom is -0.308 e. The first-order valence-electron chi connectivity index (χ1n) is 5.47. The highest BCUT2D eigenvalue weighted by Gasteiger charge is 2.12. The molecule has 0 bridgehead atoms. The quantitative estimate of drug-likeness (QED) is 0.660. The molecule has 0 unspecified atom stereocenters. The Morgan fingerprint density at radius 2 is 2.00 bits per heavy atom. The normalized spacial score (nSPS) is 11.2. The van der Waals surface area contributed by atoms with Crippen molar-refractivity contribution < 1.29 is 0 Å². The van der Waals surface area contributed by atoms with E-state index in [0.29, 0.717) is 5.82 Å². The number of fused-ring (bicyclic) bond motifs is 1. The predicted octanol–water partition coefficient (Wildman–Crippen LogP) is 3.11. The minimum absolute atomic E-state index is 0.264. The van der Waals surface area contributed by atoms with E-state index in [-0.39, 0.29) is 5.92 Å². The van der Waals surface area contributed by atoms with Gasteiger partial charge in [-0.05, 0) is 40.5 Å². The lowest BCUT2D eigenvalue weighted by molar-refractivity contribution is 0.783. The van der Waals surface area contributed by atoms with Crippen LogP contribution in [0, 0.1) is 6.92 Å². The smallest absolute Gasteiger partial charge is 0.151 e. The molecule has 0 aliphatic carbocycles. The molecule has 1 heterocycles. The Labute approximate surface area is 109 Å². The third-order valence-corrected chi connectivity index (χ3v) is 3.17. The van der Waals surface area contributed by atoms with E-state index in [9.17, 15) is 0 Å². The Hall–Kier alpha value is -1.20. The van der Waals surface area contributed by atoms with Gasteiger partial charge in [-0.2, -0.15) is 0 Å². The Morgan fingerprint density at radius 1 is 1.29 bits per heavy atom. The maximum absolute atomic E-state index is 5.53. The van der Waals surface area contributed by atoms with Crippen molar-refractivity contribution in [3.8, 4) is 0 Å². The number of rotatable bonds is 2. The molecule has 1 aromatic carbocycles. The highest BCUT2D eigenvalue weighted by atomic mass is 79.9. The summed E-state index contributed by atoms with van der Waals surface area (Å²) >= 11 is 3.54. The van der Waals surface area contributed by atoms with E-state index >= 15 is 0 Å². The molecule has 0 amide bonds. The van der Waals surface area contributed by atoms with Crippen molar-refractivity contribution in [2.24, 2.45) is 5.84 Å². The zero-order valence-electron chi connectivity index (χ0n) is 10.1. The van der Waals surface area contributed by atoms with Crippen LogP contribution in [-0.4, -0.2) is 9.97 Å². The SMILES string of the molecule is Cc1cc(Br)c2nc(C(C)C)nc(NN)c2c1. The molecule has 0 fully saturated rings. The standard InChI is InChI=1S/C12H15BrN4/c1-6(2)11-15-10-8(12(16-11)17-14)4-7(3)5-9(10)13/h4-6H,14H2,1-3H3,(H,15,16,17). The highest BCUT2D eigenvalue weighted by Crippen LogP contribution is 2.29. The Bertz CT molecular complexity index is 566. The molecule has 3 N–H and O–H groups in total. The first kappa shape index (κ1) is 12.3. The molecular formula is C12H15BrN4. The number of halogens is 1. The number of benzene rings is 1. The monoisotopic (exact) mass is 294 g/mol. The number of anilines is 1. The van der Waals surface area contributed by atoms with Gasteiger partial charge in [0.05, 0.1) is 5.52 Å². The predicted molar refractivity (Wildman–Crippen MR) is 73.9 cm³/mol. The van der Waals surface area contributed by atoms with Gasteiger partial charge >= 0.3 is 0 Å². The number of aryl methyl sites for hydroxylation is 1. The number of nitrogen functional groups attached to an aromatic ring is 1. The summed E-state index contributed by atoms with van der Waals surface area (Å²) in [6.45, 7) is 6.15. The van der Waals surface area contributed by atoms with E-state index < -0.39 is 0 Å². The molecule has 5 heteroatoms. The average molecular weight is 295 g/mol. The highest BCUT2D eigenvalue weighted by molar-refractivity contribution is 9.10. The molecule has 0 saturated carbocycles. The van der Waals surface area contributed by atoms with Crippen molar-refractivity contribution in [2.75, 3.05) is 5.43 Å². The summed E-state index contributed by atoms with van der Waals surface area (Å²) in [7, 11) is 0. The van der Waals surface area contributed by atoms with Crippen molar-refractivity contribution >= 4 is 32.7 Å². The number of hydrogen-bond acceptors (Lipinski definition) is 4. The van der Waals surface area contributed by atoms with Crippen molar-refractivity contribution in [3.05, 3.63) is 28.0 Å². The van der Waals surface area contributed by atoms with Crippen LogP contribution in [0.15, 0.2) is 16.6 Å². The van der Waals surface area contributed by atoms with E-state index in [0.717, 1.165) is 26.8 Å². The maximum Gasteiger partial charge on any atom is 0.151 e. The number of nitrogens with one attached hydrogen (secondary N) is 1. The number of hydrogen-bond donors (Lipinski definition) is 2. The van der Waals surface area contributed by atoms with Gasteiger partial charge in [-0.1, -0.05) is 13.8 Å². The van der Waals surface area contributed by atoms with E-state index in [1.54, 1.807) is 0 Å². The van der Waals surface area contributed by atoms with E-state index in [1.165, 1.54) is 0 Å². The van der Waals surface area contributed by atoms with Crippen molar-refractivity contribution in [1.29, 1.82) is 0 Å². The molecule has 2 aromatic rings. The third-order valence-electron chi connectivity index (χ3n) is 2.57. The molecule has 0 radical (unpaired) electrons. The molecule has 2 rings (SSSR count). The Balaban J connectivity index is 2.82. The third kappa shape index (κ3) is 2.25. The summed E-state index contributed by atoms with van der Waals surface area (Å²) in [6.07, 6.45) is 0. The van der Waals surface area contributed by atoms with Gasteiger partial charge in [0.2, 0.25) is 0 Å². The second-order valence-corrected chi connectivity index (χ2v) is 5.23. The molecule has 0 atom stereocenters. The van der Waals surface area contributed by atoms with Crippen molar-refractivity contribution in [1.82, 2.24) is 9.97 Å². The first-order chi connectivity index (χ1) is 8.02. The molecule has 0 aliphatic rings. The maximum atomic E-state index is 5.53. The zero-order valence-corrected chi connectivity index (χ0v) is 11.7. The minimum atomic E-state index is 0.264. The van der Waals surface area contributed by atoms with Crippen LogP contribution in [0.25, 0.3) is 10.9 Å². The van der Waals surface area contributed by atoms with E-state index in [2.05, 4.69) is 45.2 Å². The molecular weight excluding hydrogens is 280 g/mol. The number of nitrogens with two attached hydrogens (primary N) is 1. The summed E-state index contributed by atoms with van der Waals surface area (Å²) in [5.74, 6) is 7.25. The molecule has 1 aromatic heterocycles. The van der Waals surface area contributed by atoms with Gasteiger partial charge in [0.1, 0.15) is 5.82 Å². The molecule has 0 aliphatic heterocycles. The van der Waals surface area contributed by atoms with Crippen LogP contribution < -0.4 is 11.3 Å². The fourth-order valence-corrected chi connectivity index (χ4v) is 2.37. The van der Waals surface area contributed by atoms with Gasteiger partial charge < -0.3 is 5.43 Å². The molecule has 0 saturated heterocycles.